The summed E-state index contributed by atoms with van der Waals surface area (Å²) in [6.07, 6.45) is 5.45. The summed E-state index contributed by atoms with van der Waals surface area (Å²) in [6.45, 7) is 17.8. The molecule has 2 aliphatic carbocycles. The fraction of sp³-hybridized carbons (Fsp3) is 0.611. The molecule has 0 radical (unpaired) electrons. The van der Waals surface area contributed by atoms with Crippen molar-refractivity contribution in [2.24, 2.45) is 22.7 Å². The van der Waals surface area contributed by atoms with Gasteiger partial charge in [-0.2, -0.15) is 0 Å². The number of thioether (sulfide) groups is 1. The van der Waals surface area contributed by atoms with Gasteiger partial charge in [0.15, 0.2) is 0 Å². The second-order valence-electron chi connectivity index (χ2n) is 13.9. The number of nitrogens with zero attached hydrogens (tertiary/aromatic N) is 2. The molecule has 6 atom stereocenters. The molecule has 0 aromatic heterocycles. The van der Waals surface area contributed by atoms with Gasteiger partial charge in [-0.15, -0.1) is 0 Å². The number of carbonyl (C=O) groups excluding carboxylic acids is 3. The molecular weight excluding hydrogens is 621 g/mol. The van der Waals surface area contributed by atoms with E-state index >= 15 is 0 Å². The lowest BCUT2D eigenvalue weighted by Gasteiger charge is -2.60. The molecule has 46 heavy (non-hydrogen) atoms. The largest absolute Gasteiger partial charge is 0.465 e. The van der Waals surface area contributed by atoms with Crippen LogP contribution in [0.4, 0.5) is 5.69 Å². The maximum absolute atomic E-state index is 13.0. The molecule has 0 spiro atoms. The summed E-state index contributed by atoms with van der Waals surface area (Å²) in [5, 5.41) is -0.180. The third-order valence-corrected chi connectivity index (χ3v) is 12.7. The molecule has 1 saturated heterocycles. The van der Waals surface area contributed by atoms with Crippen molar-refractivity contribution < 1.29 is 28.6 Å². The SMILES string of the molecule is C=C1CC[C@@H]2[C@](C)(COC(C)=O)[C@H](OC(C)=O)CC[C@@]2(C)[C@@H]1C[C@H](SC(=S)N1CCN(c2ccc(C)cc2)CC1)C1=CCOC1=O. The number of cyclic esters (lactones) is 1. The normalized spacial score (nSPS) is 30.2. The summed E-state index contributed by atoms with van der Waals surface area (Å²) in [6, 6.07) is 8.64. The highest BCUT2D eigenvalue weighted by atomic mass is 32.2. The van der Waals surface area contributed by atoms with Crippen LogP contribution in [-0.2, 0) is 28.6 Å². The molecule has 3 fully saturated rings. The van der Waals surface area contributed by atoms with Crippen molar-refractivity contribution in [1.82, 2.24) is 4.90 Å². The van der Waals surface area contributed by atoms with Crippen LogP contribution in [0.15, 0.2) is 48.1 Å². The Bertz CT molecular complexity index is 1390. The van der Waals surface area contributed by atoms with Gasteiger partial charge < -0.3 is 24.0 Å². The third kappa shape index (κ3) is 7.18. The molecule has 10 heteroatoms. The number of carbonyl (C=O) groups is 3. The van der Waals surface area contributed by atoms with Crippen LogP contribution in [0, 0.1) is 29.6 Å². The Labute approximate surface area is 283 Å². The summed E-state index contributed by atoms with van der Waals surface area (Å²) in [4.78, 5) is 41.7. The van der Waals surface area contributed by atoms with Crippen LogP contribution in [0.3, 0.4) is 0 Å². The van der Waals surface area contributed by atoms with E-state index < -0.39 is 5.41 Å². The molecule has 2 saturated carbocycles. The van der Waals surface area contributed by atoms with Gasteiger partial charge in [0.2, 0.25) is 0 Å². The molecule has 5 rings (SSSR count). The molecule has 0 amide bonds. The second kappa shape index (κ2) is 14.1. The highest BCUT2D eigenvalue weighted by Gasteiger charge is 2.60. The minimum Gasteiger partial charge on any atom is -0.465 e. The summed E-state index contributed by atoms with van der Waals surface area (Å²) >= 11 is 7.66. The van der Waals surface area contributed by atoms with E-state index in [9.17, 15) is 14.4 Å². The zero-order chi connectivity index (χ0) is 33.2. The molecule has 2 aliphatic heterocycles. The predicted molar refractivity (Wildman–Crippen MR) is 186 cm³/mol. The lowest BCUT2D eigenvalue weighted by molar-refractivity contribution is -0.191. The van der Waals surface area contributed by atoms with Crippen LogP contribution in [0.2, 0.25) is 0 Å². The van der Waals surface area contributed by atoms with Crippen LogP contribution in [0.5, 0.6) is 0 Å². The molecule has 0 bridgehead atoms. The Kier molecular flexibility index (Phi) is 10.6. The number of piperazine rings is 1. The molecule has 1 aromatic carbocycles. The lowest BCUT2D eigenvalue weighted by Crippen LogP contribution is -2.59. The number of anilines is 1. The van der Waals surface area contributed by atoms with Gasteiger partial charge in [-0.1, -0.05) is 67.7 Å². The number of aryl methyl sites for hydroxylation is 1. The number of rotatable bonds is 8. The molecular formula is C36H48N2O6S2. The minimum absolute atomic E-state index is 0.0918. The zero-order valence-corrected chi connectivity index (χ0v) is 29.5. The standard InChI is InChI=1S/C36H48N2O6S2/c1-23-7-10-27(11-8-23)37-16-18-38(19-17-37)34(45)46-30(28-14-20-42-33(28)41)21-29-24(2)9-12-31-35(29,5)15-13-32(44-26(4)40)36(31,6)22-43-25(3)39/h7-8,10-11,14,29-32H,2,9,12-13,15-22H2,1,3-6H3/t29-,30+,31+,32-,35+,36+/m1/s1. The average Bonchev–Trinajstić information content (AvgIpc) is 3.45. The Morgan fingerprint density at radius 1 is 1.11 bits per heavy atom. The van der Waals surface area contributed by atoms with Gasteiger partial charge >= 0.3 is 17.9 Å². The van der Waals surface area contributed by atoms with E-state index in [1.807, 2.05) is 6.08 Å². The van der Waals surface area contributed by atoms with Crippen molar-refractivity contribution in [3.8, 4) is 0 Å². The number of fused-ring (bicyclic) bond motifs is 1. The fourth-order valence-corrected chi connectivity index (χ4v) is 10.2. The summed E-state index contributed by atoms with van der Waals surface area (Å²) in [7, 11) is 0. The number of hydrogen-bond donors (Lipinski definition) is 0. The van der Waals surface area contributed by atoms with Gasteiger partial charge in [-0.25, -0.2) is 4.79 Å². The van der Waals surface area contributed by atoms with Gasteiger partial charge in [-0.05, 0) is 74.5 Å². The summed E-state index contributed by atoms with van der Waals surface area (Å²) < 4.78 is 17.7. The maximum Gasteiger partial charge on any atom is 0.335 e. The van der Waals surface area contributed by atoms with E-state index in [0.29, 0.717) is 18.4 Å². The number of hydrogen-bond acceptors (Lipinski definition) is 9. The molecule has 0 N–H and O–H groups in total. The first kappa shape index (κ1) is 34.5. The van der Waals surface area contributed by atoms with Crippen molar-refractivity contribution in [1.29, 1.82) is 0 Å². The molecule has 0 unspecified atom stereocenters. The van der Waals surface area contributed by atoms with Crippen molar-refractivity contribution in [2.75, 3.05) is 44.3 Å². The highest BCUT2D eigenvalue weighted by Crippen LogP contribution is 2.63. The van der Waals surface area contributed by atoms with E-state index in [-0.39, 0.29) is 59.7 Å². The van der Waals surface area contributed by atoms with Gasteiger partial charge in [-0.3, -0.25) is 9.59 Å². The van der Waals surface area contributed by atoms with Crippen molar-refractivity contribution in [3.63, 3.8) is 0 Å². The molecule has 1 aromatic rings. The Morgan fingerprint density at radius 3 is 2.41 bits per heavy atom. The quantitative estimate of drug-likeness (QED) is 0.137. The summed E-state index contributed by atoms with van der Waals surface area (Å²) in [5.41, 5.74) is 3.57. The Hall–Kier alpha value is -2.85. The van der Waals surface area contributed by atoms with E-state index in [1.54, 1.807) is 11.8 Å². The number of esters is 3. The first-order chi connectivity index (χ1) is 21.8. The molecule has 2 heterocycles. The van der Waals surface area contributed by atoms with Crippen LogP contribution in [0.1, 0.15) is 65.4 Å². The predicted octanol–water partition coefficient (Wildman–Crippen LogP) is 6.26. The highest BCUT2D eigenvalue weighted by molar-refractivity contribution is 8.23. The molecule has 4 aliphatic rings. The van der Waals surface area contributed by atoms with Crippen LogP contribution in [-0.4, -0.2) is 77.9 Å². The van der Waals surface area contributed by atoms with Crippen molar-refractivity contribution in [3.05, 3.63) is 53.6 Å². The molecule has 8 nitrogen and oxygen atoms in total. The van der Waals surface area contributed by atoms with E-state index in [0.717, 1.165) is 49.8 Å². The van der Waals surface area contributed by atoms with E-state index in [2.05, 4.69) is 61.4 Å². The van der Waals surface area contributed by atoms with Crippen LogP contribution >= 0.6 is 24.0 Å². The van der Waals surface area contributed by atoms with Crippen molar-refractivity contribution in [2.45, 2.75) is 78.1 Å². The third-order valence-electron chi connectivity index (χ3n) is 10.9. The number of allylic oxidation sites excluding steroid dienone is 1. The summed E-state index contributed by atoms with van der Waals surface area (Å²) in [5.74, 6) is -0.732. The lowest BCUT2D eigenvalue weighted by atomic mass is 9.46. The number of thiocarbonyl (C=S) groups is 1. The fourth-order valence-electron chi connectivity index (χ4n) is 8.44. The first-order valence-electron chi connectivity index (χ1n) is 16.4. The topological polar surface area (TPSA) is 85.4 Å². The average molecular weight is 669 g/mol. The molecule has 250 valence electrons. The van der Waals surface area contributed by atoms with Crippen LogP contribution in [0.25, 0.3) is 0 Å². The Morgan fingerprint density at radius 2 is 1.80 bits per heavy atom. The first-order valence-corrected chi connectivity index (χ1v) is 17.7. The number of benzene rings is 1. The second-order valence-corrected chi connectivity index (χ2v) is 15.7. The van der Waals surface area contributed by atoms with Gasteiger partial charge in [0.25, 0.3) is 0 Å². The zero-order valence-electron chi connectivity index (χ0n) is 27.8. The maximum atomic E-state index is 13.0. The van der Waals surface area contributed by atoms with E-state index in [1.165, 1.54) is 30.7 Å². The van der Waals surface area contributed by atoms with E-state index in [4.69, 9.17) is 26.4 Å². The number of ether oxygens (including phenoxy) is 3. The Balaban J connectivity index is 1.35. The van der Waals surface area contributed by atoms with Crippen LogP contribution < -0.4 is 4.90 Å². The smallest absolute Gasteiger partial charge is 0.335 e. The van der Waals surface area contributed by atoms with Gasteiger partial charge in [0.05, 0.1) is 5.57 Å². The van der Waals surface area contributed by atoms with Crippen molar-refractivity contribution >= 4 is 51.9 Å². The minimum atomic E-state index is -0.552. The monoisotopic (exact) mass is 668 g/mol. The van der Waals surface area contributed by atoms with Gasteiger partial charge in [0.1, 0.15) is 23.6 Å². The van der Waals surface area contributed by atoms with Gasteiger partial charge in [0, 0.05) is 56.4 Å².